The van der Waals surface area contributed by atoms with E-state index < -0.39 is 0 Å². The molecule has 0 radical (unpaired) electrons. The number of fused-ring (bicyclic) bond motifs is 2. The van der Waals surface area contributed by atoms with E-state index in [0.717, 1.165) is 50.4 Å². The monoisotopic (exact) mass is 395 g/mol. The van der Waals surface area contributed by atoms with Crippen LogP contribution in [0.2, 0.25) is 0 Å². The number of carbonyl (C=O) groups excluding carboxylic acids is 1. The number of aromatic amines is 1. The molecule has 4 nitrogen and oxygen atoms in total. The van der Waals surface area contributed by atoms with Gasteiger partial charge in [-0.05, 0) is 31.9 Å². The molecule has 1 N–H and O–H groups in total. The Hall–Kier alpha value is -2.18. The van der Waals surface area contributed by atoms with Crippen molar-refractivity contribution in [3.05, 3.63) is 52.3 Å². The Balaban J connectivity index is 1.65. The number of ketones is 1. The number of benzene rings is 1. The second-order valence-electron chi connectivity index (χ2n) is 6.62. The smallest absolute Gasteiger partial charge is 0.175 e. The molecule has 138 valence electrons. The highest BCUT2D eigenvalue weighted by molar-refractivity contribution is 8.00. The van der Waals surface area contributed by atoms with Crippen LogP contribution in [-0.2, 0) is 6.42 Å². The first-order valence-corrected chi connectivity index (χ1v) is 10.9. The second-order valence-corrected chi connectivity index (χ2v) is 8.79. The van der Waals surface area contributed by atoms with Crippen LogP contribution < -0.4 is 0 Å². The molecule has 0 amide bonds. The van der Waals surface area contributed by atoms with Crippen LogP contribution in [0.4, 0.5) is 0 Å². The van der Waals surface area contributed by atoms with Gasteiger partial charge >= 0.3 is 0 Å². The molecule has 0 unspecified atom stereocenters. The standard InChI is InChI=1S/C21H21N3OS2/c1-4-7-18-23-20(19-12(2)13(3)27-21(19)24-18)26-11-17(25)15-10-22-16-9-6-5-8-14(15)16/h5-6,8-10,22H,4,7,11H2,1-3H3. The number of nitrogens with zero attached hydrogens (tertiary/aromatic N) is 2. The van der Waals surface area contributed by atoms with Crippen LogP contribution in [0.3, 0.4) is 0 Å². The summed E-state index contributed by atoms with van der Waals surface area (Å²) in [6.07, 6.45) is 3.68. The third kappa shape index (κ3) is 3.39. The fourth-order valence-electron chi connectivity index (χ4n) is 3.21. The number of aryl methyl sites for hydroxylation is 3. The van der Waals surface area contributed by atoms with Crippen molar-refractivity contribution in [1.29, 1.82) is 0 Å². The van der Waals surface area contributed by atoms with Crippen molar-refractivity contribution in [2.75, 3.05) is 5.75 Å². The molecule has 27 heavy (non-hydrogen) atoms. The zero-order valence-electron chi connectivity index (χ0n) is 15.6. The van der Waals surface area contributed by atoms with Gasteiger partial charge in [0.25, 0.3) is 0 Å². The maximum atomic E-state index is 12.8. The third-order valence-electron chi connectivity index (χ3n) is 4.75. The van der Waals surface area contributed by atoms with E-state index in [0.29, 0.717) is 5.75 Å². The van der Waals surface area contributed by atoms with E-state index in [-0.39, 0.29) is 5.78 Å². The molecule has 0 saturated heterocycles. The van der Waals surface area contributed by atoms with E-state index in [1.165, 1.54) is 22.2 Å². The van der Waals surface area contributed by atoms with Crippen molar-refractivity contribution in [3.8, 4) is 0 Å². The van der Waals surface area contributed by atoms with Crippen LogP contribution in [0.15, 0.2) is 35.5 Å². The molecule has 4 rings (SSSR count). The largest absolute Gasteiger partial charge is 0.360 e. The molecule has 0 aliphatic heterocycles. The number of para-hydroxylation sites is 1. The highest BCUT2D eigenvalue weighted by Gasteiger charge is 2.17. The number of thiophene rings is 1. The quantitative estimate of drug-likeness (QED) is 0.258. The van der Waals surface area contributed by atoms with Crippen molar-refractivity contribution >= 4 is 50.0 Å². The van der Waals surface area contributed by atoms with Crippen molar-refractivity contribution < 1.29 is 4.79 Å². The number of hydrogen-bond acceptors (Lipinski definition) is 5. The van der Waals surface area contributed by atoms with E-state index >= 15 is 0 Å². The first-order valence-electron chi connectivity index (χ1n) is 9.07. The predicted molar refractivity (Wildman–Crippen MR) is 114 cm³/mol. The van der Waals surface area contributed by atoms with Gasteiger partial charge in [0.1, 0.15) is 15.7 Å². The second kappa shape index (κ2) is 7.44. The average molecular weight is 396 g/mol. The lowest BCUT2D eigenvalue weighted by atomic mass is 10.1. The van der Waals surface area contributed by atoms with Gasteiger partial charge in [0, 0.05) is 39.3 Å². The van der Waals surface area contributed by atoms with Gasteiger partial charge in [-0.1, -0.05) is 36.9 Å². The van der Waals surface area contributed by atoms with Crippen LogP contribution >= 0.6 is 23.1 Å². The topological polar surface area (TPSA) is 58.6 Å². The Labute approximate surface area is 166 Å². The maximum absolute atomic E-state index is 12.8. The van der Waals surface area contributed by atoms with Gasteiger partial charge in [0.15, 0.2) is 5.78 Å². The molecule has 1 aromatic carbocycles. The van der Waals surface area contributed by atoms with E-state index in [4.69, 9.17) is 9.97 Å². The molecule has 0 saturated carbocycles. The third-order valence-corrected chi connectivity index (χ3v) is 6.82. The Kier molecular flexibility index (Phi) is 5.02. The molecule has 0 aliphatic carbocycles. The minimum atomic E-state index is 0.117. The molecule has 4 aromatic rings. The van der Waals surface area contributed by atoms with E-state index in [9.17, 15) is 4.79 Å². The maximum Gasteiger partial charge on any atom is 0.175 e. The van der Waals surface area contributed by atoms with Crippen molar-refractivity contribution in [3.63, 3.8) is 0 Å². The Bertz CT molecular complexity index is 1140. The highest BCUT2D eigenvalue weighted by atomic mass is 32.2. The minimum absolute atomic E-state index is 0.117. The summed E-state index contributed by atoms with van der Waals surface area (Å²) in [5.41, 5.74) is 2.96. The number of rotatable bonds is 6. The van der Waals surface area contributed by atoms with Gasteiger partial charge in [-0.25, -0.2) is 9.97 Å². The Morgan fingerprint density at radius 3 is 2.85 bits per heavy atom. The molecule has 3 heterocycles. The molecular formula is C21H21N3OS2. The summed E-state index contributed by atoms with van der Waals surface area (Å²) in [6, 6.07) is 7.90. The van der Waals surface area contributed by atoms with E-state index in [1.54, 1.807) is 11.3 Å². The molecular weight excluding hydrogens is 374 g/mol. The normalized spacial score (nSPS) is 11.5. The summed E-state index contributed by atoms with van der Waals surface area (Å²) in [5, 5.41) is 3.01. The van der Waals surface area contributed by atoms with Crippen molar-refractivity contribution in [2.45, 2.75) is 38.6 Å². The van der Waals surface area contributed by atoms with Gasteiger partial charge in [0.05, 0.1) is 5.75 Å². The lowest BCUT2D eigenvalue weighted by molar-refractivity contribution is 0.102. The highest BCUT2D eigenvalue weighted by Crippen LogP contribution is 2.35. The average Bonchev–Trinajstić information content (AvgIpc) is 3.21. The number of H-pyrrole nitrogens is 1. The Morgan fingerprint density at radius 1 is 1.22 bits per heavy atom. The Morgan fingerprint density at radius 2 is 2.04 bits per heavy atom. The van der Waals surface area contributed by atoms with Gasteiger partial charge in [-0.3, -0.25) is 4.79 Å². The van der Waals surface area contributed by atoms with Gasteiger partial charge in [-0.15, -0.1) is 11.3 Å². The van der Waals surface area contributed by atoms with Crippen molar-refractivity contribution in [2.24, 2.45) is 0 Å². The lowest BCUT2D eigenvalue weighted by Crippen LogP contribution is -2.03. The summed E-state index contributed by atoms with van der Waals surface area (Å²) >= 11 is 3.24. The van der Waals surface area contributed by atoms with Gasteiger partial charge in [0.2, 0.25) is 0 Å². The molecule has 0 aliphatic rings. The van der Waals surface area contributed by atoms with E-state index in [1.807, 2.05) is 30.5 Å². The zero-order chi connectivity index (χ0) is 19.0. The number of carbonyl (C=O) groups is 1. The van der Waals surface area contributed by atoms with Crippen LogP contribution in [0.1, 0.15) is 40.0 Å². The van der Waals surface area contributed by atoms with E-state index in [2.05, 4.69) is 25.8 Å². The van der Waals surface area contributed by atoms with Crippen LogP contribution in [0.5, 0.6) is 0 Å². The number of thioether (sulfide) groups is 1. The summed E-state index contributed by atoms with van der Waals surface area (Å²) in [6.45, 7) is 6.36. The van der Waals surface area contributed by atoms with Crippen LogP contribution in [0.25, 0.3) is 21.1 Å². The van der Waals surface area contributed by atoms with Crippen molar-refractivity contribution in [1.82, 2.24) is 15.0 Å². The molecule has 3 aromatic heterocycles. The molecule has 0 spiro atoms. The number of Topliss-reactive ketones (excluding diaryl/α,β-unsaturated/α-hetero) is 1. The summed E-state index contributed by atoms with van der Waals surface area (Å²) in [4.78, 5) is 27.8. The molecule has 0 bridgehead atoms. The fourth-order valence-corrected chi connectivity index (χ4v) is 5.31. The minimum Gasteiger partial charge on any atom is -0.360 e. The molecule has 6 heteroatoms. The number of hydrogen-bond donors (Lipinski definition) is 1. The summed E-state index contributed by atoms with van der Waals surface area (Å²) < 4.78 is 0. The zero-order valence-corrected chi connectivity index (χ0v) is 17.3. The van der Waals surface area contributed by atoms with Gasteiger partial charge < -0.3 is 4.98 Å². The lowest BCUT2D eigenvalue weighted by Gasteiger charge is -2.06. The van der Waals surface area contributed by atoms with Crippen LogP contribution in [-0.4, -0.2) is 26.5 Å². The number of nitrogens with one attached hydrogen (secondary N) is 1. The first kappa shape index (κ1) is 18.2. The first-order chi connectivity index (χ1) is 13.1. The molecule has 0 fully saturated rings. The van der Waals surface area contributed by atoms with Gasteiger partial charge in [-0.2, -0.15) is 0 Å². The summed E-state index contributed by atoms with van der Waals surface area (Å²) in [5.74, 6) is 1.35. The summed E-state index contributed by atoms with van der Waals surface area (Å²) in [7, 11) is 0. The fraction of sp³-hybridized carbons (Fsp3) is 0.286. The van der Waals surface area contributed by atoms with Crippen LogP contribution in [0, 0.1) is 13.8 Å². The number of aromatic nitrogens is 3. The molecule has 0 atom stereocenters. The predicted octanol–water partition coefficient (Wildman–Crippen LogP) is 5.72. The SMILES string of the molecule is CCCc1nc(SCC(=O)c2c[nH]c3ccccc23)c2c(C)c(C)sc2n1.